The van der Waals surface area contributed by atoms with E-state index in [0.717, 1.165) is 10.9 Å². The normalized spacial score (nSPS) is 20.1. The van der Waals surface area contributed by atoms with E-state index in [4.69, 9.17) is 27.9 Å². The van der Waals surface area contributed by atoms with Gasteiger partial charge in [-0.15, -0.1) is 0 Å². The lowest BCUT2D eigenvalue weighted by Gasteiger charge is -2.33. The van der Waals surface area contributed by atoms with Gasteiger partial charge in [0.25, 0.3) is 5.91 Å². The first-order valence-electron chi connectivity index (χ1n) is 12.6. The Kier molecular flexibility index (Phi) is 9.47. The van der Waals surface area contributed by atoms with Crippen LogP contribution >= 0.6 is 23.2 Å². The number of carboxylic acids is 1. The number of rotatable bonds is 8. The van der Waals surface area contributed by atoms with Crippen LogP contribution in [0.5, 0.6) is 5.88 Å². The minimum atomic E-state index is -4.85. The number of hydrogen-bond acceptors (Lipinski definition) is 5. The highest BCUT2D eigenvalue weighted by Crippen LogP contribution is 2.41. The number of nitrogens with zero attached hydrogens (tertiary/aromatic N) is 4. The molecule has 0 spiro atoms. The number of alkyl halides is 3. The number of aliphatic carboxylic acids is 1. The first kappa shape index (κ1) is 31.0. The van der Waals surface area contributed by atoms with Crippen molar-refractivity contribution in [1.29, 1.82) is 0 Å². The van der Waals surface area contributed by atoms with Crippen LogP contribution in [-0.2, 0) is 17.4 Å². The summed E-state index contributed by atoms with van der Waals surface area (Å²) in [5, 5.41) is 13.8. The molecule has 39 heavy (non-hydrogen) atoms. The molecule has 2 heterocycles. The second-order valence-corrected chi connectivity index (χ2v) is 12.0. The highest BCUT2D eigenvalue weighted by atomic mass is 35.5. The molecular weight excluding hydrogens is 560 g/mol. The van der Waals surface area contributed by atoms with Gasteiger partial charge in [-0.05, 0) is 42.6 Å². The van der Waals surface area contributed by atoms with Crippen LogP contribution in [0.1, 0.15) is 74.6 Å². The number of amides is 1. The summed E-state index contributed by atoms with van der Waals surface area (Å²) in [5.41, 5.74) is -1.64. The van der Waals surface area contributed by atoms with E-state index in [0.29, 0.717) is 5.56 Å². The molecule has 13 heteroatoms. The lowest BCUT2D eigenvalue weighted by Crippen LogP contribution is -2.40. The van der Waals surface area contributed by atoms with E-state index < -0.39 is 46.7 Å². The fraction of sp³-hybridized carbons (Fsp3) is 0.615. The summed E-state index contributed by atoms with van der Waals surface area (Å²) in [5.74, 6) is -2.59. The molecule has 0 aromatic carbocycles. The number of halogens is 5. The van der Waals surface area contributed by atoms with Gasteiger partial charge in [0.05, 0.1) is 35.9 Å². The van der Waals surface area contributed by atoms with E-state index >= 15 is 0 Å². The molecule has 1 saturated carbocycles. The molecule has 2 aromatic rings. The van der Waals surface area contributed by atoms with Crippen LogP contribution in [0, 0.1) is 17.3 Å². The Hall–Kier alpha value is -2.53. The van der Waals surface area contributed by atoms with Crippen LogP contribution in [0.3, 0.4) is 0 Å². The van der Waals surface area contributed by atoms with Gasteiger partial charge < -0.3 is 14.7 Å². The van der Waals surface area contributed by atoms with Crippen molar-refractivity contribution in [3.05, 3.63) is 39.3 Å². The molecule has 0 saturated heterocycles. The Labute approximate surface area is 235 Å². The summed E-state index contributed by atoms with van der Waals surface area (Å²) in [6.07, 6.45) is -1.71. The average Bonchev–Trinajstić information content (AvgIpc) is 3.28. The second-order valence-electron chi connectivity index (χ2n) is 11.2. The maximum atomic E-state index is 14.4. The summed E-state index contributed by atoms with van der Waals surface area (Å²) in [4.78, 5) is 30.5. The molecule has 0 bridgehead atoms. The standard InChI is InChI=1S/C26H33Cl2F3N4O4/c1-14-10-15(6-7-16(14)24(37)38)35-21(26(29,30)31)18(11-33-35)23(36)34(13-25(2,3)4)9-8-17-19(27)12-32-22(39-5)20(17)28/h11-12,14-16H,6-10,13H2,1-5H3,(H,37,38)/t14-,15+,16+/m1/s1. The lowest BCUT2D eigenvalue weighted by molar-refractivity contribution is -0.149. The van der Waals surface area contributed by atoms with E-state index in [-0.39, 0.29) is 60.6 Å². The number of carboxylic acid groups (broad SMARTS) is 1. The molecule has 3 atom stereocenters. The minimum Gasteiger partial charge on any atom is -0.481 e. The van der Waals surface area contributed by atoms with E-state index in [1.54, 1.807) is 6.92 Å². The van der Waals surface area contributed by atoms with Crippen LogP contribution in [0.25, 0.3) is 0 Å². The van der Waals surface area contributed by atoms with Gasteiger partial charge in [-0.1, -0.05) is 50.9 Å². The van der Waals surface area contributed by atoms with Gasteiger partial charge >= 0.3 is 12.1 Å². The number of pyridine rings is 1. The zero-order valence-electron chi connectivity index (χ0n) is 22.5. The van der Waals surface area contributed by atoms with Crippen molar-refractivity contribution in [2.45, 2.75) is 65.6 Å². The molecule has 3 rings (SSSR count). The molecule has 8 nitrogen and oxygen atoms in total. The predicted molar refractivity (Wildman–Crippen MR) is 140 cm³/mol. The first-order chi connectivity index (χ1) is 18.0. The van der Waals surface area contributed by atoms with Gasteiger partial charge in [-0.3, -0.25) is 14.3 Å². The van der Waals surface area contributed by atoms with Crippen LogP contribution in [0.15, 0.2) is 12.4 Å². The van der Waals surface area contributed by atoms with Crippen molar-refractivity contribution in [2.75, 3.05) is 20.2 Å². The smallest absolute Gasteiger partial charge is 0.433 e. The van der Waals surface area contributed by atoms with Gasteiger partial charge in [0.1, 0.15) is 5.02 Å². The Bertz CT molecular complexity index is 1210. The molecule has 1 aliphatic rings. The highest BCUT2D eigenvalue weighted by molar-refractivity contribution is 6.36. The molecule has 2 aromatic heterocycles. The monoisotopic (exact) mass is 592 g/mol. The zero-order chi connectivity index (χ0) is 29.3. The summed E-state index contributed by atoms with van der Waals surface area (Å²) in [7, 11) is 1.40. The van der Waals surface area contributed by atoms with E-state index in [1.165, 1.54) is 18.2 Å². The van der Waals surface area contributed by atoms with Crippen molar-refractivity contribution in [3.63, 3.8) is 0 Å². The van der Waals surface area contributed by atoms with Crippen LogP contribution in [0.2, 0.25) is 10.0 Å². The van der Waals surface area contributed by atoms with Gasteiger partial charge in [0.15, 0.2) is 5.69 Å². The maximum Gasteiger partial charge on any atom is 0.433 e. The zero-order valence-corrected chi connectivity index (χ0v) is 24.0. The molecular formula is C26H33Cl2F3N4O4. The van der Waals surface area contributed by atoms with Crippen molar-refractivity contribution >= 4 is 35.1 Å². The molecule has 1 aliphatic carbocycles. The highest BCUT2D eigenvalue weighted by Gasteiger charge is 2.44. The molecule has 0 radical (unpaired) electrons. The molecule has 1 fully saturated rings. The molecule has 1 N–H and O–H groups in total. The van der Waals surface area contributed by atoms with Gasteiger partial charge in [-0.25, -0.2) is 4.98 Å². The Morgan fingerprint density at radius 3 is 2.41 bits per heavy atom. The van der Waals surface area contributed by atoms with Crippen LogP contribution in [-0.4, -0.2) is 56.8 Å². The number of methoxy groups -OCH3 is 1. The van der Waals surface area contributed by atoms with E-state index in [2.05, 4.69) is 10.1 Å². The van der Waals surface area contributed by atoms with Gasteiger partial charge in [0, 0.05) is 19.3 Å². The number of aromatic nitrogens is 3. The van der Waals surface area contributed by atoms with Gasteiger partial charge in [0.2, 0.25) is 5.88 Å². The summed E-state index contributed by atoms with van der Waals surface area (Å²) < 4.78 is 49.3. The maximum absolute atomic E-state index is 14.4. The predicted octanol–water partition coefficient (Wildman–Crippen LogP) is 6.41. The fourth-order valence-corrected chi connectivity index (χ4v) is 5.74. The van der Waals surface area contributed by atoms with Crippen molar-refractivity contribution < 1.29 is 32.6 Å². The topological polar surface area (TPSA) is 97.5 Å². The number of hydrogen-bond donors (Lipinski definition) is 1. The third-order valence-corrected chi connectivity index (χ3v) is 7.63. The van der Waals surface area contributed by atoms with Crippen molar-refractivity contribution in [2.24, 2.45) is 17.3 Å². The summed E-state index contributed by atoms with van der Waals surface area (Å²) in [6, 6.07) is -0.674. The Morgan fingerprint density at radius 1 is 1.21 bits per heavy atom. The lowest BCUT2D eigenvalue weighted by atomic mass is 9.78. The second kappa shape index (κ2) is 11.9. The Balaban J connectivity index is 1.96. The van der Waals surface area contributed by atoms with Crippen molar-refractivity contribution in [1.82, 2.24) is 19.7 Å². The summed E-state index contributed by atoms with van der Waals surface area (Å²) in [6.45, 7) is 7.53. The van der Waals surface area contributed by atoms with E-state index in [1.807, 2.05) is 20.8 Å². The summed E-state index contributed by atoms with van der Waals surface area (Å²) >= 11 is 12.7. The van der Waals surface area contributed by atoms with Crippen LogP contribution < -0.4 is 4.74 Å². The van der Waals surface area contributed by atoms with E-state index in [9.17, 15) is 27.9 Å². The third-order valence-electron chi connectivity index (χ3n) is 6.91. The van der Waals surface area contributed by atoms with Crippen LogP contribution in [0.4, 0.5) is 13.2 Å². The van der Waals surface area contributed by atoms with Gasteiger partial charge in [-0.2, -0.15) is 18.3 Å². The number of carbonyl (C=O) groups is 2. The fourth-order valence-electron chi connectivity index (χ4n) is 5.13. The average molecular weight is 593 g/mol. The largest absolute Gasteiger partial charge is 0.481 e. The first-order valence-corrected chi connectivity index (χ1v) is 13.3. The molecule has 1 amide bonds. The number of carbonyl (C=O) groups excluding carboxylic acids is 1. The third kappa shape index (κ3) is 7.16. The minimum absolute atomic E-state index is 0.0337. The SMILES string of the molecule is COc1ncc(Cl)c(CCN(CC(C)(C)C)C(=O)c2cnn([C@H]3CC[C@H](C(=O)O)[C@H](C)C3)c2C(F)(F)F)c1Cl. The quantitative estimate of drug-likeness (QED) is 0.380. The van der Waals surface area contributed by atoms with Crippen molar-refractivity contribution in [3.8, 4) is 5.88 Å². The molecule has 0 unspecified atom stereocenters. The Morgan fingerprint density at radius 2 is 1.87 bits per heavy atom. The molecule has 216 valence electrons. The number of ether oxygens (including phenoxy) is 1. The molecule has 0 aliphatic heterocycles.